The van der Waals surface area contributed by atoms with E-state index in [0.717, 1.165) is 5.92 Å². The van der Waals surface area contributed by atoms with Gasteiger partial charge in [-0.05, 0) is 23.6 Å². The van der Waals surface area contributed by atoms with Gasteiger partial charge in [0.25, 0.3) is 0 Å². The lowest BCUT2D eigenvalue weighted by Gasteiger charge is -2.09. The summed E-state index contributed by atoms with van der Waals surface area (Å²) >= 11 is 1.94. The summed E-state index contributed by atoms with van der Waals surface area (Å²) in [6.07, 6.45) is 2.61. The van der Waals surface area contributed by atoms with Crippen LogP contribution < -0.4 is 5.73 Å². The highest BCUT2D eigenvalue weighted by Crippen LogP contribution is 2.23. The number of hydrogen-bond donors (Lipinski definition) is 1. The summed E-state index contributed by atoms with van der Waals surface area (Å²) in [5.41, 5.74) is 6.84. The number of thioether (sulfide) groups is 1. The zero-order chi connectivity index (χ0) is 11.1. The Labute approximate surface area is 97.4 Å². The average molecular weight is 223 g/mol. The lowest BCUT2D eigenvalue weighted by atomic mass is 10.1. The van der Waals surface area contributed by atoms with E-state index < -0.39 is 0 Å². The predicted molar refractivity (Wildman–Crippen MR) is 69.1 cm³/mol. The maximum Gasteiger partial charge on any atom is 0.0178 e. The highest BCUT2D eigenvalue weighted by molar-refractivity contribution is 7.99. The molecule has 0 fully saturated rings. The van der Waals surface area contributed by atoms with Crippen LogP contribution in [0.3, 0.4) is 0 Å². The molecule has 0 saturated carbocycles. The lowest BCUT2D eigenvalue weighted by molar-refractivity contribution is 0.585. The molecule has 0 radical (unpaired) electrons. The van der Waals surface area contributed by atoms with Gasteiger partial charge >= 0.3 is 0 Å². The van der Waals surface area contributed by atoms with Crippen molar-refractivity contribution in [2.24, 2.45) is 11.7 Å². The molecule has 0 saturated heterocycles. The molecule has 1 nitrogen and oxygen atoms in total. The van der Waals surface area contributed by atoms with Crippen LogP contribution in [0.4, 0.5) is 0 Å². The fraction of sp³-hybridized carbons (Fsp3) is 0.538. The second kappa shape index (κ2) is 6.91. The standard InChI is InChI=1S/C13H21NS/c1-3-5-11(2)10-15-13-7-4-6-12(8-13)9-14/h4,6-8,11H,3,5,9-10,14H2,1-2H3. The highest BCUT2D eigenvalue weighted by Gasteiger charge is 2.02. The van der Waals surface area contributed by atoms with E-state index >= 15 is 0 Å². The van der Waals surface area contributed by atoms with E-state index in [9.17, 15) is 0 Å². The summed E-state index contributed by atoms with van der Waals surface area (Å²) in [5, 5.41) is 0. The first-order chi connectivity index (χ1) is 7.26. The Morgan fingerprint density at radius 2 is 2.20 bits per heavy atom. The van der Waals surface area contributed by atoms with Crippen LogP contribution in [-0.4, -0.2) is 5.75 Å². The monoisotopic (exact) mass is 223 g/mol. The first-order valence-corrected chi connectivity index (χ1v) is 6.66. The van der Waals surface area contributed by atoms with Gasteiger partial charge in [0, 0.05) is 17.2 Å². The van der Waals surface area contributed by atoms with E-state index in [1.54, 1.807) is 0 Å². The van der Waals surface area contributed by atoms with Crippen molar-refractivity contribution in [2.75, 3.05) is 5.75 Å². The summed E-state index contributed by atoms with van der Waals surface area (Å²) in [4.78, 5) is 1.35. The molecule has 2 N–H and O–H groups in total. The predicted octanol–water partition coefficient (Wildman–Crippen LogP) is 3.67. The summed E-state index contributed by atoms with van der Waals surface area (Å²) in [6.45, 7) is 5.21. The van der Waals surface area contributed by atoms with Crippen LogP contribution in [0.1, 0.15) is 32.3 Å². The second-order valence-electron chi connectivity index (χ2n) is 4.06. The van der Waals surface area contributed by atoms with E-state index in [2.05, 4.69) is 38.1 Å². The average Bonchev–Trinajstić information content (AvgIpc) is 2.27. The Morgan fingerprint density at radius 1 is 1.40 bits per heavy atom. The van der Waals surface area contributed by atoms with Crippen molar-refractivity contribution < 1.29 is 0 Å². The van der Waals surface area contributed by atoms with Gasteiger partial charge in [0.2, 0.25) is 0 Å². The van der Waals surface area contributed by atoms with Crippen molar-refractivity contribution in [3.63, 3.8) is 0 Å². The first-order valence-electron chi connectivity index (χ1n) is 5.68. The minimum Gasteiger partial charge on any atom is -0.326 e. The molecule has 1 rings (SSSR count). The lowest BCUT2D eigenvalue weighted by Crippen LogP contribution is -1.98. The molecular weight excluding hydrogens is 202 g/mol. The molecule has 15 heavy (non-hydrogen) atoms. The van der Waals surface area contributed by atoms with Crippen LogP contribution in [0.5, 0.6) is 0 Å². The smallest absolute Gasteiger partial charge is 0.0178 e. The second-order valence-corrected chi connectivity index (χ2v) is 5.15. The van der Waals surface area contributed by atoms with Gasteiger partial charge in [-0.25, -0.2) is 0 Å². The van der Waals surface area contributed by atoms with E-state index in [1.807, 2.05) is 11.8 Å². The largest absolute Gasteiger partial charge is 0.326 e. The van der Waals surface area contributed by atoms with Gasteiger partial charge in [-0.3, -0.25) is 0 Å². The van der Waals surface area contributed by atoms with Crippen molar-refractivity contribution >= 4 is 11.8 Å². The fourth-order valence-electron chi connectivity index (χ4n) is 1.58. The third-order valence-corrected chi connectivity index (χ3v) is 3.77. The van der Waals surface area contributed by atoms with Crippen molar-refractivity contribution in [3.8, 4) is 0 Å². The Morgan fingerprint density at radius 3 is 2.87 bits per heavy atom. The maximum atomic E-state index is 5.61. The summed E-state index contributed by atoms with van der Waals surface area (Å²) in [6, 6.07) is 8.54. The van der Waals surface area contributed by atoms with E-state index in [-0.39, 0.29) is 0 Å². The molecule has 1 aromatic carbocycles. The van der Waals surface area contributed by atoms with Crippen LogP contribution in [0.15, 0.2) is 29.2 Å². The Balaban J connectivity index is 2.43. The molecule has 0 aliphatic heterocycles. The summed E-state index contributed by atoms with van der Waals surface area (Å²) < 4.78 is 0. The molecule has 1 aromatic rings. The summed E-state index contributed by atoms with van der Waals surface area (Å²) in [5.74, 6) is 2.02. The Bertz CT molecular complexity index is 286. The first kappa shape index (κ1) is 12.6. The van der Waals surface area contributed by atoms with Gasteiger partial charge in [-0.1, -0.05) is 38.8 Å². The number of hydrogen-bond acceptors (Lipinski definition) is 2. The van der Waals surface area contributed by atoms with Crippen molar-refractivity contribution in [2.45, 2.75) is 38.1 Å². The van der Waals surface area contributed by atoms with Crippen LogP contribution in [-0.2, 0) is 6.54 Å². The molecule has 0 amide bonds. The van der Waals surface area contributed by atoms with Crippen LogP contribution in [0.2, 0.25) is 0 Å². The molecule has 1 atom stereocenters. The molecule has 0 aliphatic rings. The zero-order valence-corrected chi connectivity index (χ0v) is 10.5. The van der Waals surface area contributed by atoms with E-state index in [4.69, 9.17) is 5.73 Å². The Hall–Kier alpha value is -0.470. The Kier molecular flexibility index (Phi) is 5.81. The minimum absolute atomic E-state index is 0.638. The van der Waals surface area contributed by atoms with Crippen molar-refractivity contribution in [3.05, 3.63) is 29.8 Å². The molecule has 2 heteroatoms. The van der Waals surface area contributed by atoms with E-state index in [0.29, 0.717) is 6.54 Å². The normalized spacial score (nSPS) is 12.7. The molecule has 0 spiro atoms. The molecule has 0 heterocycles. The minimum atomic E-state index is 0.638. The molecule has 84 valence electrons. The van der Waals surface area contributed by atoms with Gasteiger partial charge in [-0.15, -0.1) is 11.8 Å². The fourth-order valence-corrected chi connectivity index (χ4v) is 2.63. The number of nitrogens with two attached hydrogens (primary N) is 1. The topological polar surface area (TPSA) is 26.0 Å². The SMILES string of the molecule is CCCC(C)CSc1cccc(CN)c1. The van der Waals surface area contributed by atoms with Crippen LogP contribution in [0, 0.1) is 5.92 Å². The number of rotatable bonds is 6. The molecule has 0 aliphatic carbocycles. The summed E-state index contributed by atoms with van der Waals surface area (Å²) in [7, 11) is 0. The quantitative estimate of drug-likeness (QED) is 0.745. The van der Waals surface area contributed by atoms with Crippen molar-refractivity contribution in [1.82, 2.24) is 0 Å². The van der Waals surface area contributed by atoms with Gasteiger partial charge in [0.05, 0.1) is 0 Å². The molecule has 1 unspecified atom stereocenters. The van der Waals surface area contributed by atoms with Crippen LogP contribution >= 0.6 is 11.8 Å². The van der Waals surface area contributed by atoms with Gasteiger partial charge in [0.15, 0.2) is 0 Å². The molecule has 0 aromatic heterocycles. The molecular formula is C13H21NS. The van der Waals surface area contributed by atoms with Crippen molar-refractivity contribution in [1.29, 1.82) is 0 Å². The van der Waals surface area contributed by atoms with Crippen LogP contribution in [0.25, 0.3) is 0 Å². The van der Waals surface area contributed by atoms with Gasteiger partial charge in [0.1, 0.15) is 0 Å². The third kappa shape index (κ3) is 4.72. The maximum absolute atomic E-state index is 5.61. The molecule has 0 bridgehead atoms. The highest BCUT2D eigenvalue weighted by atomic mass is 32.2. The third-order valence-electron chi connectivity index (χ3n) is 2.45. The van der Waals surface area contributed by atoms with Gasteiger partial charge < -0.3 is 5.73 Å². The number of benzene rings is 1. The van der Waals surface area contributed by atoms with E-state index in [1.165, 1.54) is 29.1 Å². The zero-order valence-electron chi connectivity index (χ0n) is 9.70. The van der Waals surface area contributed by atoms with Gasteiger partial charge in [-0.2, -0.15) is 0 Å².